The molecule has 0 N–H and O–H groups in total. The van der Waals surface area contributed by atoms with Crippen LogP contribution in [0, 0.1) is 0 Å². The normalized spacial score (nSPS) is 11.0. The molecule has 0 aliphatic heterocycles. The highest BCUT2D eigenvalue weighted by atomic mass is 16.3. The maximum Gasteiger partial charge on any atom is 0.136 e. The molecule has 2 aromatic heterocycles. The molecule has 0 fully saturated rings. The molecule has 4 heteroatoms. The second-order valence-corrected chi connectivity index (χ2v) is 3.34. The molecule has 0 amide bonds. The van der Waals surface area contributed by atoms with E-state index in [9.17, 15) is 0 Å². The fourth-order valence-corrected chi connectivity index (χ4v) is 1.67. The van der Waals surface area contributed by atoms with E-state index in [2.05, 4.69) is 10.2 Å². The van der Waals surface area contributed by atoms with Gasteiger partial charge in [0.1, 0.15) is 16.8 Å². The zero-order valence-corrected chi connectivity index (χ0v) is 8.21. The third-order valence-corrected chi connectivity index (χ3v) is 2.30. The van der Waals surface area contributed by atoms with Crippen molar-refractivity contribution in [3.05, 3.63) is 36.6 Å². The van der Waals surface area contributed by atoms with Gasteiger partial charge in [-0.15, -0.1) is 0 Å². The lowest BCUT2D eigenvalue weighted by atomic mass is 10.1. The molecule has 0 saturated heterocycles. The Morgan fingerprint density at radius 2 is 2.07 bits per heavy atom. The largest absolute Gasteiger partial charge is 0.464 e. The molecule has 2 heterocycles. The predicted molar refractivity (Wildman–Crippen MR) is 56.2 cm³/mol. The van der Waals surface area contributed by atoms with Crippen LogP contribution in [0.3, 0.4) is 0 Å². The first kappa shape index (κ1) is 8.23. The Morgan fingerprint density at radius 1 is 1.13 bits per heavy atom. The average molecular weight is 199 g/mol. The van der Waals surface area contributed by atoms with E-state index in [0.29, 0.717) is 0 Å². The summed E-state index contributed by atoms with van der Waals surface area (Å²) in [5.41, 5.74) is 2.73. The van der Waals surface area contributed by atoms with Gasteiger partial charge in [-0.2, -0.15) is 15.0 Å². The van der Waals surface area contributed by atoms with Crippen LogP contribution in [0.15, 0.2) is 41.0 Å². The van der Waals surface area contributed by atoms with Crippen molar-refractivity contribution in [2.24, 2.45) is 7.05 Å². The van der Waals surface area contributed by atoms with E-state index in [1.165, 1.54) is 0 Å². The van der Waals surface area contributed by atoms with Crippen molar-refractivity contribution in [3.63, 3.8) is 0 Å². The van der Waals surface area contributed by atoms with Gasteiger partial charge >= 0.3 is 0 Å². The van der Waals surface area contributed by atoms with E-state index < -0.39 is 0 Å². The van der Waals surface area contributed by atoms with E-state index in [0.717, 1.165) is 22.4 Å². The van der Waals surface area contributed by atoms with Crippen LogP contribution in [0.25, 0.3) is 22.4 Å². The highest BCUT2D eigenvalue weighted by Crippen LogP contribution is 2.26. The molecule has 3 aromatic rings. The minimum absolute atomic E-state index is 0.820. The van der Waals surface area contributed by atoms with Crippen LogP contribution < -0.4 is 0 Å². The van der Waals surface area contributed by atoms with Gasteiger partial charge in [0, 0.05) is 12.6 Å². The Bertz CT molecular complexity index is 595. The third kappa shape index (κ3) is 1.22. The van der Waals surface area contributed by atoms with Crippen LogP contribution in [-0.4, -0.2) is 15.0 Å². The second kappa shape index (κ2) is 2.95. The van der Waals surface area contributed by atoms with Crippen molar-refractivity contribution in [2.45, 2.75) is 0 Å². The van der Waals surface area contributed by atoms with Gasteiger partial charge in [-0.25, -0.2) is 0 Å². The molecule has 0 bridgehead atoms. The summed E-state index contributed by atoms with van der Waals surface area (Å²) in [6.07, 6.45) is 1.66. The molecular formula is C11H9N3O. The SMILES string of the molecule is Cn1nc2cccc(-c3ccco3)c2n1. The molecule has 0 aliphatic carbocycles. The van der Waals surface area contributed by atoms with Gasteiger partial charge in [0.15, 0.2) is 0 Å². The van der Waals surface area contributed by atoms with Crippen molar-refractivity contribution in [2.75, 3.05) is 0 Å². The molecule has 1 aromatic carbocycles. The highest BCUT2D eigenvalue weighted by Gasteiger charge is 2.09. The van der Waals surface area contributed by atoms with E-state index in [-0.39, 0.29) is 0 Å². The van der Waals surface area contributed by atoms with Crippen molar-refractivity contribution < 1.29 is 4.42 Å². The number of nitrogens with zero attached hydrogens (tertiary/aromatic N) is 3. The summed E-state index contributed by atoms with van der Waals surface area (Å²) in [4.78, 5) is 1.57. The predicted octanol–water partition coefficient (Wildman–Crippen LogP) is 2.23. The molecule has 0 spiro atoms. The van der Waals surface area contributed by atoms with Crippen molar-refractivity contribution >= 4 is 11.0 Å². The van der Waals surface area contributed by atoms with E-state index in [1.807, 2.05) is 37.4 Å². The van der Waals surface area contributed by atoms with Gasteiger partial charge in [-0.3, -0.25) is 0 Å². The van der Waals surface area contributed by atoms with Gasteiger partial charge in [0.05, 0.1) is 6.26 Å². The number of fused-ring (bicyclic) bond motifs is 1. The highest BCUT2D eigenvalue weighted by molar-refractivity contribution is 5.89. The van der Waals surface area contributed by atoms with Crippen molar-refractivity contribution in [1.82, 2.24) is 15.0 Å². The van der Waals surface area contributed by atoms with Crippen LogP contribution >= 0.6 is 0 Å². The number of rotatable bonds is 1. The quantitative estimate of drug-likeness (QED) is 0.603. The molecule has 0 aliphatic rings. The Morgan fingerprint density at radius 3 is 2.87 bits per heavy atom. The lowest BCUT2D eigenvalue weighted by molar-refractivity contribution is 0.582. The molecule has 0 radical (unpaired) electrons. The number of hydrogen-bond acceptors (Lipinski definition) is 3. The Labute approximate surface area is 86.1 Å². The van der Waals surface area contributed by atoms with E-state index >= 15 is 0 Å². The standard InChI is InChI=1S/C11H9N3O/c1-14-12-9-5-2-4-8(11(9)13-14)10-6-3-7-15-10/h2-7H,1H3. The molecular weight excluding hydrogens is 190 g/mol. The lowest BCUT2D eigenvalue weighted by Gasteiger charge is -1.95. The third-order valence-electron chi connectivity index (χ3n) is 2.30. The van der Waals surface area contributed by atoms with Crippen molar-refractivity contribution in [1.29, 1.82) is 0 Å². The fourth-order valence-electron chi connectivity index (χ4n) is 1.67. The lowest BCUT2D eigenvalue weighted by Crippen LogP contribution is -1.90. The monoisotopic (exact) mass is 199 g/mol. The summed E-state index contributed by atoms with van der Waals surface area (Å²) < 4.78 is 5.36. The molecule has 4 nitrogen and oxygen atoms in total. The number of benzene rings is 1. The Hall–Kier alpha value is -2.10. The number of hydrogen-bond donors (Lipinski definition) is 0. The van der Waals surface area contributed by atoms with Gasteiger partial charge in [0.2, 0.25) is 0 Å². The summed E-state index contributed by atoms with van der Waals surface area (Å²) in [7, 11) is 1.81. The van der Waals surface area contributed by atoms with E-state index in [4.69, 9.17) is 4.42 Å². The first-order chi connectivity index (χ1) is 7.34. The number of furan rings is 1. The first-order valence-electron chi connectivity index (χ1n) is 4.68. The van der Waals surface area contributed by atoms with Crippen LogP contribution in [0.5, 0.6) is 0 Å². The summed E-state index contributed by atoms with van der Waals surface area (Å²) in [6, 6.07) is 9.66. The zero-order valence-electron chi connectivity index (χ0n) is 8.21. The van der Waals surface area contributed by atoms with Crippen LogP contribution in [0.1, 0.15) is 0 Å². The van der Waals surface area contributed by atoms with Crippen LogP contribution in [0.4, 0.5) is 0 Å². The van der Waals surface area contributed by atoms with Gasteiger partial charge in [-0.05, 0) is 24.3 Å². The summed E-state index contributed by atoms with van der Waals surface area (Å²) >= 11 is 0. The smallest absolute Gasteiger partial charge is 0.136 e. The molecule has 3 rings (SSSR count). The minimum atomic E-state index is 0.820. The topological polar surface area (TPSA) is 43.9 Å². The maximum absolute atomic E-state index is 5.36. The molecule has 0 atom stereocenters. The second-order valence-electron chi connectivity index (χ2n) is 3.34. The number of aryl methyl sites for hydroxylation is 1. The molecule has 74 valence electrons. The minimum Gasteiger partial charge on any atom is -0.464 e. The first-order valence-corrected chi connectivity index (χ1v) is 4.68. The number of aromatic nitrogens is 3. The fraction of sp³-hybridized carbons (Fsp3) is 0.0909. The summed E-state index contributed by atoms with van der Waals surface area (Å²) in [5, 5.41) is 8.56. The summed E-state index contributed by atoms with van der Waals surface area (Å²) in [6.45, 7) is 0. The van der Waals surface area contributed by atoms with Crippen molar-refractivity contribution in [3.8, 4) is 11.3 Å². The maximum atomic E-state index is 5.36. The zero-order chi connectivity index (χ0) is 10.3. The van der Waals surface area contributed by atoms with Gasteiger partial charge in [0.25, 0.3) is 0 Å². The molecule has 15 heavy (non-hydrogen) atoms. The molecule has 0 unspecified atom stereocenters. The van der Waals surface area contributed by atoms with Gasteiger partial charge < -0.3 is 4.42 Å². The Kier molecular flexibility index (Phi) is 1.62. The van der Waals surface area contributed by atoms with E-state index in [1.54, 1.807) is 11.1 Å². The Balaban J connectivity index is 2.35. The van der Waals surface area contributed by atoms with Crippen LogP contribution in [0.2, 0.25) is 0 Å². The average Bonchev–Trinajstić information content (AvgIpc) is 2.82. The van der Waals surface area contributed by atoms with Gasteiger partial charge in [-0.1, -0.05) is 6.07 Å². The summed E-state index contributed by atoms with van der Waals surface area (Å²) in [5.74, 6) is 0.820. The van der Waals surface area contributed by atoms with Crippen LogP contribution in [-0.2, 0) is 7.05 Å². The molecule has 0 saturated carbocycles.